The first-order chi connectivity index (χ1) is 4.05. The van der Waals surface area contributed by atoms with Crippen LogP contribution in [-0.4, -0.2) is 49.9 Å². The quantitative estimate of drug-likeness (QED) is 0.471. The molecule has 0 amide bonds. The predicted molar refractivity (Wildman–Crippen MR) is 44.0 cm³/mol. The Morgan fingerprint density at radius 2 is 1.33 bits per heavy atom. The van der Waals surface area contributed by atoms with Gasteiger partial charge in [0.25, 0.3) is 0 Å². The van der Waals surface area contributed by atoms with Crippen LogP contribution < -0.4 is 0 Å². The predicted octanol–water partition coefficient (Wildman–Crippen LogP) is 0.971. The van der Waals surface area contributed by atoms with Gasteiger partial charge >= 0.3 is 0 Å². The van der Waals surface area contributed by atoms with Gasteiger partial charge in [-0.05, 0) is 0 Å². The summed E-state index contributed by atoms with van der Waals surface area (Å²) in [6.07, 6.45) is 0. The van der Waals surface area contributed by atoms with Crippen LogP contribution in [-0.2, 0) is 0 Å². The summed E-state index contributed by atoms with van der Waals surface area (Å²) in [5, 5.41) is 0. The van der Waals surface area contributed by atoms with Crippen LogP contribution in [0.5, 0.6) is 0 Å². The lowest BCUT2D eigenvalue weighted by Gasteiger charge is -2.23. The zero-order chi connectivity index (χ0) is 7.07. The highest BCUT2D eigenvalue weighted by molar-refractivity contribution is 7.70. The van der Waals surface area contributed by atoms with Crippen LogP contribution in [0.25, 0.3) is 0 Å². The number of hydrogen-bond donors (Lipinski definition) is 0. The highest BCUT2D eigenvalue weighted by Gasteiger charge is 2.41. The van der Waals surface area contributed by atoms with Gasteiger partial charge in [0.2, 0.25) is 0 Å². The summed E-state index contributed by atoms with van der Waals surface area (Å²) in [5.41, 5.74) is 0. The van der Waals surface area contributed by atoms with Gasteiger partial charge in [-0.3, -0.25) is 0 Å². The van der Waals surface area contributed by atoms with Crippen molar-refractivity contribution in [2.45, 2.75) is 0 Å². The largest absolute Gasteiger partial charge is 0.166 e. The summed E-state index contributed by atoms with van der Waals surface area (Å²) in [4.78, 5) is 0. The Hall–Kier alpha value is 0.350. The van der Waals surface area contributed by atoms with E-state index < -0.39 is 7.56 Å². The van der Waals surface area contributed by atoms with Crippen LogP contribution >= 0.6 is 7.56 Å². The summed E-state index contributed by atoms with van der Waals surface area (Å²) in [6.45, 7) is 7.22. The number of rotatable bonds is 0. The molecule has 1 fully saturated rings. The molecule has 0 aliphatic carbocycles. The molecule has 0 saturated carbocycles. The molecular weight excluding hydrogens is 131 g/mol. The summed E-state index contributed by atoms with van der Waals surface area (Å²) in [6, 6.07) is 0. The molecule has 1 rings (SSSR count). The van der Waals surface area contributed by atoms with Gasteiger partial charge < -0.3 is 0 Å². The van der Waals surface area contributed by atoms with Crippen molar-refractivity contribution in [1.82, 2.24) is 9.34 Å². The molecular formula is C6H16N2P+. The Balaban J connectivity index is 2.66. The molecule has 54 valence electrons. The van der Waals surface area contributed by atoms with Crippen molar-refractivity contribution in [2.24, 2.45) is 0 Å². The van der Waals surface area contributed by atoms with Crippen molar-refractivity contribution in [1.29, 1.82) is 0 Å². The molecule has 1 saturated heterocycles. The molecule has 9 heavy (non-hydrogen) atoms. The van der Waals surface area contributed by atoms with E-state index in [-0.39, 0.29) is 0 Å². The summed E-state index contributed by atoms with van der Waals surface area (Å²) >= 11 is 0. The molecule has 0 radical (unpaired) electrons. The molecule has 0 N–H and O–H groups in total. The van der Waals surface area contributed by atoms with Crippen LogP contribution in [0.4, 0.5) is 0 Å². The van der Waals surface area contributed by atoms with Crippen LogP contribution in [0.2, 0.25) is 0 Å². The maximum Gasteiger partial charge on any atom is 0.146 e. The maximum absolute atomic E-state index is 2.48. The van der Waals surface area contributed by atoms with Crippen LogP contribution in [0.1, 0.15) is 0 Å². The minimum absolute atomic E-state index is 0.809. The zero-order valence-corrected chi connectivity index (χ0v) is 7.65. The van der Waals surface area contributed by atoms with Crippen molar-refractivity contribution in [3.05, 3.63) is 0 Å². The minimum Gasteiger partial charge on any atom is -0.166 e. The third-order valence-corrected chi connectivity index (χ3v) is 6.16. The standard InChI is InChI=1S/C6H16N2P/c1-7-5-6-8(2)9(7,3)4/h5-6H2,1-4H3/q+1. The van der Waals surface area contributed by atoms with Crippen molar-refractivity contribution >= 4 is 7.56 Å². The second-order valence-corrected chi connectivity index (χ2v) is 7.14. The second-order valence-electron chi connectivity index (χ2n) is 3.10. The first kappa shape index (κ1) is 7.46. The van der Waals surface area contributed by atoms with Crippen molar-refractivity contribution < 1.29 is 0 Å². The minimum atomic E-state index is -0.809. The number of nitrogens with zero attached hydrogens (tertiary/aromatic N) is 2. The van der Waals surface area contributed by atoms with E-state index in [9.17, 15) is 0 Å². The molecule has 0 aromatic heterocycles. The number of hydrogen-bond acceptors (Lipinski definition) is 2. The molecule has 0 bridgehead atoms. The average Bonchev–Trinajstić information content (AvgIpc) is 1.96. The Bertz CT molecular complexity index is 102. The fourth-order valence-corrected chi connectivity index (χ4v) is 2.72. The van der Waals surface area contributed by atoms with Crippen LogP contribution in [0, 0.1) is 0 Å². The SMILES string of the molecule is CN1CCN(C)[P+]1(C)C. The third-order valence-electron chi connectivity index (χ3n) is 2.42. The van der Waals surface area contributed by atoms with Gasteiger partial charge in [-0.1, -0.05) is 0 Å². The highest BCUT2D eigenvalue weighted by atomic mass is 31.2. The lowest BCUT2D eigenvalue weighted by Crippen LogP contribution is -2.16. The molecule has 0 atom stereocenters. The van der Waals surface area contributed by atoms with Crippen LogP contribution in [0.15, 0.2) is 0 Å². The van der Waals surface area contributed by atoms with Crippen LogP contribution in [0.3, 0.4) is 0 Å². The second kappa shape index (κ2) is 2.19. The van der Waals surface area contributed by atoms with E-state index in [4.69, 9.17) is 0 Å². The molecule has 0 unspecified atom stereocenters. The first-order valence-electron chi connectivity index (χ1n) is 3.32. The van der Waals surface area contributed by atoms with Gasteiger partial charge in [-0.2, -0.15) is 9.34 Å². The van der Waals surface area contributed by atoms with Crippen molar-refractivity contribution in [2.75, 3.05) is 40.5 Å². The lowest BCUT2D eigenvalue weighted by molar-refractivity contribution is 0.553. The van der Waals surface area contributed by atoms with E-state index >= 15 is 0 Å². The molecule has 0 aromatic carbocycles. The lowest BCUT2D eigenvalue weighted by atomic mass is 10.6. The Kier molecular flexibility index (Phi) is 1.81. The van der Waals surface area contributed by atoms with Gasteiger partial charge in [0.1, 0.15) is 7.56 Å². The molecule has 2 nitrogen and oxygen atoms in total. The Morgan fingerprint density at radius 1 is 1.00 bits per heavy atom. The molecule has 1 heterocycles. The monoisotopic (exact) mass is 147 g/mol. The van der Waals surface area contributed by atoms with E-state index in [0.29, 0.717) is 0 Å². The average molecular weight is 147 g/mol. The first-order valence-corrected chi connectivity index (χ1v) is 5.91. The molecule has 1 aliphatic rings. The Labute approximate surface area is 58.3 Å². The van der Waals surface area contributed by atoms with Crippen molar-refractivity contribution in [3.8, 4) is 0 Å². The number of likely N-dealkylation sites (N-methyl/N-ethyl adjacent to an activating group) is 2. The van der Waals surface area contributed by atoms with Gasteiger partial charge in [-0.15, -0.1) is 0 Å². The van der Waals surface area contributed by atoms with Gasteiger partial charge in [0, 0.05) is 14.1 Å². The van der Waals surface area contributed by atoms with Gasteiger partial charge in [-0.25, -0.2) is 0 Å². The third kappa shape index (κ3) is 1.12. The summed E-state index contributed by atoms with van der Waals surface area (Å²) in [7, 11) is 3.63. The topological polar surface area (TPSA) is 6.48 Å². The molecule has 3 heteroatoms. The van der Waals surface area contributed by atoms with E-state index in [2.05, 4.69) is 36.8 Å². The smallest absolute Gasteiger partial charge is 0.146 e. The van der Waals surface area contributed by atoms with E-state index in [1.807, 2.05) is 0 Å². The van der Waals surface area contributed by atoms with Crippen molar-refractivity contribution in [3.63, 3.8) is 0 Å². The fourth-order valence-electron chi connectivity index (χ4n) is 1.04. The zero-order valence-electron chi connectivity index (χ0n) is 6.76. The maximum atomic E-state index is 2.48. The van der Waals surface area contributed by atoms with Gasteiger partial charge in [0.15, 0.2) is 0 Å². The molecule has 0 spiro atoms. The fraction of sp³-hybridized carbons (Fsp3) is 1.00. The highest BCUT2D eigenvalue weighted by Crippen LogP contribution is 2.59. The normalized spacial score (nSPS) is 29.3. The van der Waals surface area contributed by atoms with Gasteiger partial charge in [0.05, 0.1) is 26.4 Å². The Morgan fingerprint density at radius 3 is 1.44 bits per heavy atom. The molecule has 1 aliphatic heterocycles. The van der Waals surface area contributed by atoms with E-state index in [1.165, 1.54) is 13.1 Å². The summed E-state index contributed by atoms with van der Waals surface area (Å²) < 4.78 is 4.96. The molecule has 0 aromatic rings. The van der Waals surface area contributed by atoms with E-state index in [1.54, 1.807) is 0 Å². The van der Waals surface area contributed by atoms with E-state index in [0.717, 1.165) is 0 Å². The summed E-state index contributed by atoms with van der Waals surface area (Å²) in [5.74, 6) is 0.